The van der Waals surface area contributed by atoms with Crippen LogP contribution in [0.1, 0.15) is 36.7 Å². The van der Waals surface area contributed by atoms with E-state index in [1.165, 1.54) is 13.2 Å². The molecule has 5 nitrogen and oxygen atoms in total. The van der Waals surface area contributed by atoms with Crippen LogP contribution < -0.4 is 15.1 Å². The molecule has 3 rings (SSSR count). The molecular weight excluding hydrogens is 332 g/mol. The maximum atomic E-state index is 12.4. The molecule has 0 fully saturated rings. The zero-order chi connectivity index (χ0) is 18.9. The highest BCUT2D eigenvalue weighted by molar-refractivity contribution is 5.95. The van der Waals surface area contributed by atoms with Crippen molar-refractivity contribution in [3.05, 3.63) is 70.1 Å². The largest absolute Gasteiger partial charge is 0.493 e. The average molecular weight is 352 g/mol. The minimum Gasteiger partial charge on any atom is -0.493 e. The van der Waals surface area contributed by atoms with Crippen molar-refractivity contribution in [1.82, 2.24) is 0 Å². The summed E-state index contributed by atoms with van der Waals surface area (Å²) in [5, 5.41) is 0.582. The molecule has 0 unspecified atom stereocenters. The van der Waals surface area contributed by atoms with Crippen LogP contribution in [0.3, 0.4) is 0 Å². The lowest BCUT2D eigenvalue weighted by atomic mass is 9.87. The van der Waals surface area contributed by atoms with Crippen LogP contribution in [-0.2, 0) is 5.41 Å². The summed E-state index contributed by atoms with van der Waals surface area (Å²) < 4.78 is 15.7. The summed E-state index contributed by atoms with van der Waals surface area (Å²) >= 11 is 0. The molecule has 0 aliphatic carbocycles. The Balaban J connectivity index is 1.90. The molecule has 0 N–H and O–H groups in total. The highest BCUT2D eigenvalue weighted by atomic mass is 16.5. The third-order valence-electron chi connectivity index (χ3n) is 4.09. The van der Waals surface area contributed by atoms with Gasteiger partial charge in [0.2, 0.25) is 0 Å². The summed E-state index contributed by atoms with van der Waals surface area (Å²) in [5.74, 6) is 0.0393. The topological polar surface area (TPSA) is 65.7 Å². The number of esters is 1. The first-order chi connectivity index (χ1) is 12.3. The SMILES string of the molecule is COc1cccc2cc(C(=O)Oc3ccc(C(C)(C)C)cc3)c(=O)oc12. The Kier molecular flexibility index (Phi) is 4.55. The lowest BCUT2D eigenvalue weighted by molar-refractivity contribution is 0.0730. The number of fused-ring (bicyclic) bond motifs is 1. The lowest BCUT2D eigenvalue weighted by Crippen LogP contribution is -2.19. The van der Waals surface area contributed by atoms with E-state index in [0.717, 1.165) is 5.56 Å². The predicted molar refractivity (Wildman–Crippen MR) is 99.1 cm³/mol. The molecule has 0 amide bonds. The van der Waals surface area contributed by atoms with Crippen molar-refractivity contribution in [2.45, 2.75) is 26.2 Å². The second kappa shape index (κ2) is 6.67. The summed E-state index contributed by atoms with van der Waals surface area (Å²) in [6.07, 6.45) is 0. The van der Waals surface area contributed by atoms with Crippen molar-refractivity contribution in [2.24, 2.45) is 0 Å². The first-order valence-corrected chi connectivity index (χ1v) is 8.23. The molecule has 26 heavy (non-hydrogen) atoms. The van der Waals surface area contributed by atoms with E-state index in [0.29, 0.717) is 22.5 Å². The molecule has 0 saturated heterocycles. The van der Waals surface area contributed by atoms with Crippen molar-refractivity contribution >= 4 is 16.9 Å². The molecule has 0 saturated carbocycles. The minimum atomic E-state index is -0.765. The summed E-state index contributed by atoms with van der Waals surface area (Å²) in [6, 6.07) is 13.8. The van der Waals surface area contributed by atoms with Crippen LogP contribution in [0.15, 0.2) is 57.7 Å². The molecule has 5 heteroatoms. The second-order valence-electron chi connectivity index (χ2n) is 6.99. The monoisotopic (exact) mass is 352 g/mol. The molecule has 1 aromatic heterocycles. The molecule has 3 aromatic rings. The number of rotatable bonds is 3. The molecular formula is C21H20O5. The summed E-state index contributed by atoms with van der Waals surface area (Å²) in [7, 11) is 1.48. The Morgan fingerprint density at radius 1 is 1.04 bits per heavy atom. The van der Waals surface area contributed by atoms with Gasteiger partial charge < -0.3 is 13.9 Å². The molecule has 0 bridgehead atoms. The van der Waals surface area contributed by atoms with Gasteiger partial charge >= 0.3 is 11.6 Å². The van der Waals surface area contributed by atoms with E-state index in [2.05, 4.69) is 20.8 Å². The Morgan fingerprint density at radius 3 is 2.35 bits per heavy atom. The maximum absolute atomic E-state index is 12.4. The number of carbonyl (C=O) groups is 1. The van der Waals surface area contributed by atoms with Gasteiger partial charge in [-0.05, 0) is 35.2 Å². The molecule has 0 atom stereocenters. The molecule has 0 radical (unpaired) electrons. The van der Waals surface area contributed by atoms with E-state index in [9.17, 15) is 9.59 Å². The highest BCUT2D eigenvalue weighted by Crippen LogP contribution is 2.26. The number of para-hydroxylation sites is 1. The molecule has 0 spiro atoms. The number of carbonyl (C=O) groups excluding carboxylic acids is 1. The fraction of sp³-hybridized carbons (Fsp3) is 0.238. The van der Waals surface area contributed by atoms with Crippen LogP contribution in [-0.4, -0.2) is 13.1 Å². The number of ether oxygens (including phenoxy) is 2. The van der Waals surface area contributed by atoms with E-state index >= 15 is 0 Å². The van der Waals surface area contributed by atoms with Gasteiger partial charge in [0.05, 0.1) is 7.11 Å². The van der Waals surface area contributed by atoms with E-state index in [1.54, 1.807) is 30.3 Å². The molecule has 1 heterocycles. The Bertz CT molecular complexity index is 1010. The van der Waals surface area contributed by atoms with Crippen LogP contribution in [0, 0.1) is 0 Å². The van der Waals surface area contributed by atoms with Crippen molar-refractivity contribution in [1.29, 1.82) is 0 Å². The predicted octanol–water partition coefficient (Wildman–Crippen LogP) is 4.32. The van der Waals surface area contributed by atoms with Gasteiger partial charge in [-0.2, -0.15) is 0 Å². The molecule has 134 valence electrons. The first kappa shape index (κ1) is 17.7. The van der Waals surface area contributed by atoms with Gasteiger partial charge in [0.15, 0.2) is 11.3 Å². The van der Waals surface area contributed by atoms with Crippen LogP contribution in [0.2, 0.25) is 0 Å². The van der Waals surface area contributed by atoms with Crippen molar-refractivity contribution in [3.8, 4) is 11.5 Å². The lowest BCUT2D eigenvalue weighted by Gasteiger charge is -2.18. The van der Waals surface area contributed by atoms with E-state index in [-0.39, 0.29) is 11.0 Å². The van der Waals surface area contributed by atoms with E-state index < -0.39 is 11.6 Å². The van der Waals surface area contributed by atoms with Gasteiger partial charge in [-0.25, -0.2) is 9.59 Å². The van der Waals surface area contributed by atoms with Gasteiger partial charge in [-0.15, -0.1) is 0 Å². The maximum Gasteiger partial charge on any atom is 0.351 e. The van der Waals surface area contributed by atoms with Crippen molar-refractivity contribution < 1.29 is 18.7 Å². The number of hydrogen-bond donors (Lipinski definition) is 0. The van der Waals surface area contributed by atoms with Crippen LogP contribution >= 0.6 is 0 Å². The van der Waals surface area contributed by atoms with Crippen LogP contribution in [0.4, 0.5) is 0 Å². The molecule has 2 aromatic carbocycles. The Morgan fingerprint density at radius 2 is 1.73 bits per heavy atom. The third-order valence-corrected chi connectivity index (χ3v) is 4.09. The smallest absolute Gasteiger partial charge is 0.351 e. The second-order valence-corrected chi connectivity index (χ2v) is 6.99. The van der Waals surface area contributed by atoms with Crippen LogP contribution in [0.25, 0.3) is 11.0 Å². The van der Waals surface area contributed by atoms with Crippen molar-refractivity contribution in [3.63, 3.8) is 0 Å². The Hall–Kier alpha value is -3.08. The average Bonchev–Trinajstić information content (AvgIpc) is 2.60. The number of benzene rings is 2. The van der Waals surface area contributed by atoms with Crippen LogP contribution in [0.5, 0.6) is 11.5 Å². The third kappa shape index (κ3) is 3.47. The fourth-order valence-electron chi connectivity index (χ4n) is 2.61. The highest BCUT2D eigenvalue weighted by Gasteiger charge is 2.18. The molecule has 0 aliphatic rings. The minimum absolute atomic E-state index is 0.00100. The summed E-state index contributed by atoms with van der Waals surface area (Å²) in [6.45, 7) is 6.30. The van der Waals surface area contributed by atoms with Gasteiger partial charge in [0.1, 0.15) is 11.3 Å². The first-order valence-electron chi connectivity index (χ1n) is 8.23. The molecule has 0 aliphatic heterocycles. The summed E-state index contributed by atoms with van der Waals surface area (Å²) in [5.41, 5.74) is 0.491. The fourth-order valence-corrected chi connectivity index (χ4v) is 2.61. The van der Waals surface area contributed by atoms with E-state index in [1.807, 2.05) is 12.1 Å². The van der Waals surface area contributed by atoms with Gasteiger partial charge in [0.25, 0.3) is 0 Å². The summed E-state index contributed by atoms with van der Waals surface area (Å²) in [4.78, 5) is 24.6. The number of methoxy groups -OCH3 is 1. The van der Waals surface area contributed by atoms with Gasteiger partial charge in [-0.1, -0.05) is 45.0 Å². The zero-order valence-electron chi connectivity index (χ0n) is 15.2. The van der Waals surface area contributed by atoms with Gasteiger partial charge in [-0.3, -0.25) is 0 Å². The normalized spacial score (nSPS) is 11.4. The van der Waals surface area contributed by atoms with Crippen molar-refractivity contribution in [2.75, 3.05) is 7.11 Å². The van der Waals surface area contributed by atoms with Gasteiger partial charge in [0, 0.05) is 5.39 Å². The number of hydrogen-bond acceptors (Lipinski definition) is 5. The Labute approximate surface area is 151 Å². The zero-order valence-corrected chi connectivity index (χ0v) is 15.2. The van der Waals surface area contributed by atoms with E-state index in [4.69, 9.17) is 13.9 Å². The quantitative estimate of drug-likeness (QED) is 0.399. The standard InChI is InChI=1S/C21H20O5/c1-21(2,3)14-8-10-15(11-9-14)25-19(22)16-12-13-6-5-7-17(24-4)18(13)26-20(16)23/h5-12H,1-4H3.